The minimum atomic E-state index is 0.837. The van der Waals surface area contributed by atoms with Crippen molar-refractivity contribution in [3.8, 4) is 0 Å². The lowest BCUT2D eigenvalue weighted by Gasteiger charge is -2.37. The molecule has 1 saturated heterocycles. The van der Waals surface area contributed by atoms with E-state index >= 15 is 0 Å². The fraction of sp³-hybridized carbons (Fsp3) is 0.786. The van der Waals surface area contributed by atoms with Gasteiger partial charge in [0.05, 0.1) is 0 Å². The van der Waals surface area contributed by atoms with Gasteiger partial charge in [0.2, 0.25) is 0 Å². The van der Waals surface area contributed by atoms with Crippen LogP contribution in [0.4, 0.5) is 0 Å². The van der Waals surface area contributed by atoms with Gasteiger partial charge < -0.3 is 4.90 Å². The molecule has 0 spiro atoms. The fourth-order valence-electron chi connectivity index (χ4n) is 3.23. The van der Waals surface area contributed by atoms with Crippen molar-refractivity contribution in [2.75, 3.05) is 19.6 Å². The number of likely N-dealkylation sites (tertiary alicyclic amines) is 1. The first-order chi connectivity index (χ1) is 8.40. The molecule has 0 amide bonds. The number of H-pyrrole nitrogens is 1. The molecule has 0 aromatic carbocycles. The average Bonchev–Trinajstić information content (AvgIpc) is 2.77. The summed E-state index contributed by atoms with van der Waals surface area (Å²) in [7, 11) is 0. The van der Waals surface area contributed by atoms with Gasteiger partial charge in [-0.05, 0) is 56.6 Å². The second-order valence-electron chi connectivity index (χ2n) is 5.85. The van der Waals surface area contributed by atoms with Gasteiger partial charge in [0.1, 0.15) is 0 Å². The van der Waals surface area contributed by atoms with Crippen LogP contribution in [0.3, 0.4) is 0 Å². The van der Waals surface area contributed by atoms with Gasteiger partial charge in [0, 0.05) is 25.0 Å². The Morgan fingerprint density at radius 1 is 1.24 bits per heavy atom. The van der Waals surface area contributed by atoms with Gasteiger partial charge in [-0.3, -0.25) is 5.10 Å². The Hall–Kier alpha value is -0.830. The molecule has 3 rings (SSSR count). The summed E-state index contributed by atoms with van der Waals surface area (Å²) >= 11 is 0. The van der Waals surface area contributed by atoms with E-state index in [1.54, 1.807) is 0 Å². The molecule has 2 fully saturated rings. The number of piperidine rings is 1. The van der Waals surface area contributed by atoms with Crippen molar-refractivity contribution in [3.05, 3.63) is 18.0 Å². The highest BCUT2D eigenvalue weighted by Crippen LogP contribution is 2.29. The molecule has 1 aromatic heterocycles. The fourth-order valence-corrected chi connectivity index (χ4v) is 3.23. The first-order valence-corrected chi connectivity index (χ1v) is 7.11. The predicted octanol–water partition coefficient (Wildman–Crippen LogP) is 2.46. The van der Waals surface area contributed by atoms with Crippen LogP contribution in [0.1, 0.15) is 37.8 Å². The van der Waals surface area contributed by atoms with Crippen molar-refractivity contribution in [2.24, 2.45) is 11.8 Å². The molecule has 1 N–H and O–H groups in total. The third kappa shape index (κ3) is 2.89. The summed E-state index contributed by atoms with van der Waals surface area (Å²) in [5, 5.41) is 7.13. The summed E-state index contributed by atoms with van der Waals surface area (Å²) in [6.45, 7) is 3.99. The molecule has 2 heterocycles. The highest BCUT2D eigenvalue weighted by molar-refractivity contribution is 4.99. The number of nitrogens with one attached hydrogen (secondary N) is 1. The third-order valence-corrected chi connectivity index (χ3v) is 4.41. The third-order valence-electron chi connectivity index (χ3n) is 4.41. The highest BCUT2D eigenvalue weighted by atomic mass is 15.1. The standard InChI is InChI=1S/C14H23N3/c1-3-12(4-1)10-17-8-2-5-13(11-17)9-14-6-7-15-16-14/h6-7,12-13H,1-5,8-11H2,(H,15,16). The molecule has 0 bridgehead atoms. The molecule has 3 heteroatoms. The maximum Gasteiger partial charge on any atom is 0.0490 e. The predicted molar refractivity (Wildman–Crippen MR) is 68.8 cm³/mol. The summed E-state index contributed by atoms with van der Waals surface area (Å²) in [4.78, 5) is 2.70. The van der Waals surface area contributed by atoms with E-state index in [1.165, 1.54) is 63.9 Å². The Bertz CT molecular complexity index is 329. The van der Waals surface area contributed by atoms with E-state index in [2.05, 4.69) is 21.2 Å². The van der Waals surface area contributed by atoms with Crippen LogP contribution in [-0.4, -0.2) is 34.7 Å². The lowest BCUT2D eigenvalue weighted by Crippen LogP contribution is -2.40. The van der Waals surface area contributed by atoms with E-state index in [9.17, 15) is 0 Å². The molecule has 1 aliphatic carbocycles. The molecule has 1 unspecified atom stereocenters. The van der Waals surface area contributed by atoms with Crippen molar-refractivity contribution in [2.45, 2.75) is 38.5 Å². The zero-order chi connectivity index (χ0) is 11.5. The smallest absolute Gasteiger partial charge is 0.0490 e. The van der Waals surface area contributed by atoms with Crippen molar-refractivity contribution in [1.29, 1.82) is 0 Å². The zero-order valence-corrected chi connectivity index (χ0v) is 10.6. The molecule has 0 radical (unpaired) electrons. The van der Waals surface area contributed by atoms with Gasteiger partial charge in [0.15, 0.2) is 0 Å². The summed E-state index contributed by atoms with van der Waals surface area (Å²) in [5.74, 6) is 1.85. The van der Waals surface area contributed by atoms with Crippen LogP contribution in [0.5, 0.6) is 0 Å². The normalized spacial score (nSPS) is 26.9. The summed E-state index contributed by atoms with van der Waals surface area (Å²) in [5.41, 5.74) is 1.31. The quantitative estimate of drug-likeness (QED) is 0.866. The van der Waals surface area contributed by atoms with Gasteiger partial charge in [0.25, 0.3) is 0 Å². The van der Waals surface area contributed by atoms with Crippen LogP contribution >= 0.6 is 0 Å². The van der Waals surface area contributed by atoms with Crippen LogP contribution in [0.2, 0.25) is 0 Å². The van der Waals surface area contributed by atoms with E-state index in [-0.39, 0.29) is 0 Å². The lowest BCUT2D eigenvalue weighted by atomic mass is 9.84. The number of nitrogens with zero attached hydrogens (tertiary/aromatic N) is 2. The summed E-state index contributed by atoms with van der Waals surface area (Å²) in [6.07, 6.45) is 10.2. The van der Waals surface area contributed by atoms with Crippen LogP contribution < -0.4 is 0 Å². The maximum absolute atomic E-state index is 4.04. The SMILES string of the molecule is c1cc(CC2CCCN(CC3CCC3)C2)[nH]n1. The van der Waals surface area contributed by atoms with Gasteiger partial charge in [-0.15, -0.1) is 0 Å². The van der Waals surface area contributed by atoms with E-state index in [4.69, 9.17) is 0 Å². The maximum atomic E-state index is 4.04. The van der Waals surface area contributed by atoms with Gasteiger partial charge >= 0.3 is 0 Å². The minimum Gasteiger partial charge on any atom is -0.303 e. The number of aromatic nitrogens is 2. The van der Waals surface area contributed by atoms with Gasteiger partial charge in [-0.1, -0.05) is 6.42 Å². The first kappa shape index (κ1) is 11.3. The van der Waals surface area contributed by atoms with Crippen LogP contribution in [0.25, 0.3) is 0 Å². The topological polar surface area (TPSA) is 31.9 Å². The number of rotatable bonds is 4. The van der Waals surface area contributed by atoms with E-state index in [0.717, 1.165) is 11.8 Å². The summed E-state index contributed by atoms with van der Waals surface area (Å²) in [6, 6.07) is 2.12. The van der Waals surface area contributed by atoms with Crippen molar-refractivity contribution < 1.29 is 0 Å². The highest BCUT2D eigenvalue weighted by Gasteiger charge is 2.25. The number of aromatic amines is 1. The molecular formula is C14H23N3. The minimum absolute atomic E-state index is 0.837. The van der Waals surface area contributed by atoms with E-state index in [1.807, 2.05) is 6.20 Å². The number of hydrogen-bond acceptors (Lipinski definition) is 2. The largest absolute Gasteiger partial charge is 0.303 e. The Morgan fingerprint density at radius 3 is 2.82 bits per heavy atom. The second kappa shape index (κ2) is 5.21. The molecular weight excluding hydrogens is 210 g/mol. The molecule has 1 saturated carbocycles. The molecule has 94 valence electrons. The van der Waals surface area contributed by atoms with Crippen molar-refractivity contribution in [1.82, 2.24) is 15.1 Å². The molecule has 1 aromatic rings. The average molecular weight is 233 g/mol. The van der Waals surface area contributed by atoms with Crippen LogP contribution in [-0.2, 0) is 6.42 Å². The van der Waals surface area contributed by atoms with Gasteiger partial charge in [-0.2, -0.15) is 5.10 Å². The first-order valence-electron chi connectivity index (χ1n) is 7.11. The molecule has 17 heavy (non-hydrogen) atoms. The Morgan fingerprint density at radius 2 is 2.12 bits per heavy atom. The zero-order valence-electron chi connectivity index (χ0n) is 10.6. The second-order valence-corrected chi connectivity index (χ2v) is 5.85. The van der Waals surface area contributed by atoms with Crippen molar-refractivity contribution in [3.63, 3.8) is 0 Å². The van der Waals surface area contributed by atoms with Crippen LogP contribution in [0, 0.1) is 11.8 Å². The number of hydrogen-bond donors (Lipinski definition) is 1. The van der Waals surface area contributed by atoms with E-state index < -0.39 is 0 Å². The Kier molecular flexibility index (Phi) is 3.46. The van der Waals surface area contributed by atoms with E-state index in [0.29, 0.717) is 0 Å². The molecule has 2 aliphatic rings. The monoisotopic (exact) mass is 233 g/mol. The Labute approximate surface area is 104 Å². The summed E-state index contributed by atoms with van der Waals surface area (Å²) < 4.78 is 0. The Balaban J connectivity index is 1.48. The molecule has 1 aliphatic heterocycles. The lowest BCUT2D eigenvalue weighted by molar-refractivity contribution is 0.123. The molecule has 1 atom stereocenters. The van der Waals surface area contributed by atoms with Gasteiger partial charge in [-0.25, -0.2) is 0 Å². The van der Waals surface area contributed by atoms with Crippen molar-refractivity contribution >= 4 is 0 Å². The van der Waals surface area contributed by atoms with Crippen LogP contribution in [0.15, 0.2) is 12.3 Å². The molecule has 3 nitrogen and oxygen atoms in total.